The van der Waals surface area contributed by atoms with Crippen LogP contribution in [0, 0.1) is 11.8 Å². The van der Waals surface area contributed by atoms with E-state index in [9.17, 15) is 9.79 Å². The van der Waals surface area contributed by atoms with Gasteiger partial charge >= 0.3 is 116 Å². The average molecular weight is 295 g/mol. The van der Waals surface area contributed by atoms with Crippen LogP contribution in [0.4, 0.5) is 0 Å². The SMILES string of the molecule is CC1CCCCC1P(O)(O)(Cl)C1CCCCC1C. The van der Waals surface area contributed by atoms with Crippen molar-refractivity contribution in [3.05, 3.63) is 0 Å². The third-order valence-electron chi connectivity index (χ3n) is 5.36. The zero-order valence-corrected chi connectivity index (χ0v) is 13.3. The summed E-state index contributed by atoms with van der Waals surface area (Å²) >= 11 is 6.58. The first-order chi connectivity index (χ1) is 8.31. The van der Waals surface area contributed by atoms with Crippen LogP contribution in [0.5, 0.6) is 0 Å². The Balaban J connectivity index is 2.23. The minimum atomic E-state index is -4.04. The summed E-state index contributed by atoms with van der Waals surface area (Å²) in [6.45, 7) is 4.29. The van der Waals surface area contributed by atoms with E-state index < -0.39 is 6.41 Å². The molecule has 0 aromatic heterocycles. The van der Waals surface area contributed by atoms with Gasteiger partial charge in [0.1, 0.15) is 0 Å². The molecule has 2 N–H and O–H groups in total. The molecule has 2 rings (SSSR count). The standard InChI is InChI=1S/C14H28ClO2P/c1-11-7-3-5-9-13(11)18(15,16,17)14-10-6-4-8-12(14)2/h11-14,16-17H,3-10H2,1-2H3. The summed E-state index contributed by atoms with van der Waals surface area (Å²) in [5.41, 5.74) is -0.117. The first-order valence-corrected chi connectivity index (χ1v) is 10.7. The van der Waals surface area contributed by atoms with Crippen LogP contribution in [0.25, 0.3) is 0 Å². The van der Waals surface area contributed by atoms with Crippen LogP contribution in [0.15, 0.2) is 0 Å². The number of hydrogen-bond donors (Lipinski definition) is 2. The third-order valence-corrected chi connectivity index (χ3v) is 10.9. The zero-order valence-electron chi connectivity index (χ0n) is 11.7. The number of hydrogen-bond acceptors (Lipinski definition) is 2. The molecule has 4 atom stereocenters. The molecule has 0 aromatic carbocycles. The van der Waals surface area contributed by atoms with Crippen molar-refractivity contribution in [3.63, 3.8) is 0 Å². The summed E-state index contributed by atoms with van der Waals surface area (Å²) in [7, 11) is 0. The molecule has 0 aliphatic heterocycles. The Labute approximate surface area is 116 Å². The van der Waals surface area contributed by atoms with Crippen molar-refractivity contribution >= 4 is 17.7 Å². The second kappa shape index (κ2) is 5.20. The molecule has 108 valence electrons. The van der Waals surface area contributed by atoms with Crippen molar-refractivity contribution < 1.29 is 9.79 Å². The van der Waals surface area contributed by atoms with Crippen LogP contribution in [-0.4, -0.2) is 21.1 Å². The maximum absolute atomic E-state index is 11.0. The Morgan fingerprint density at radius 3 is 1.44 bits per heavy atom. The van der Waals surface area contributed by atoms with Crippen molar-refractivity contribution in [2.75, 3.05) is 0 Å². The fourth-order valence-corrected chi connectivity index (χ4v) is 9.99. The molecule has 18 heavy (non-hydrogen) atoms. The molecule has 2 fully saturated rings. The molecule has 4 unspecified atom stereocenters. The molecule has 2 nitrogen and oxygen atoms in total. The van der Waals surface area contributed by atoms with Gasteiger partial charge in [-0.2, -0.15) is 0 Å². The molecule has 2 aliphatic rings. The second-order valence-electron chi connectivity index (χ2n) is 6.70. The van der Waals surface area contributed by atoms with Gasteiger partial charge < -0.3 is 0 Å². The Morgan fingerprint density at radius 1 is 0.778 bits per heavy atom. The predicted molar refractivity (Wildman–Crippen MR) is 80.1 cm³/mol. The van der Waals surface area contributed by atoms with Crippen LogP contribution in [0.2, 0.25) is 0 Å². The van der Waals surface area contributed by atoms with E-state index in [4.69, 9.17) is 11.2 Å². The molecule has 0 spiro atoms. The Morgan fingerprint density at radius 2 is 1.11 bits per heavy atom. The fraction of sp³-hybridized carbons (Fsp3) is 1.00. The van der Waals surface area contributed by atoms with Crippen LogP contribution >= 0.6 is 17.7 Å². The first kappa shape index (κ1) is 15.0. The molecule has 2 aliphatic carbocycles. The summed E-state index contributed by atoms with van der Waals surface area (Å²) < 4.78 is 0. The molecule has 0 saturated heterocycles. The predicted octanol–water partition coefficient (Wildman–Crippen LogP) is 4.67. The Kier molecular flexibility index (Phi) is 4.35. The van der Waals surface area contributed by atoms with E-state index in [2.05, 4.69) is 13.8 Å². The molecule has 0 aromatic rings. The summed E-state index contributed by atoms with van der Waals surface area (Å²) in [4.78, 5) is 22.0. The van der Waals surface area contributed by atoms with Gasteiger partial charge in [-0.15, -0.1) is 0 Å². The van der Waals surface area contributed by atoms with Crippen molar-refractivity contribution in [1.82, 2.24) is 0 Å². The Hall–Kier alpha value is 0.640. The van der Waals surface area contributed by atoms with Gasteiger partial charge in [-0.1, -0.05) is 0 Å². The number of rotatable bonds is 2. The van der Waals surface area contributed by atoms with E-state index in [-0.39, 0.29) is 11.3 Å². The van der Waals surface area contributed by atoms with Crippen LogP contribution in [-0.2, 0) is 0 Å². The molecule has 0 heterocycles. The molecule has 0 bridgehead atoms. The molecule has 0 amide bonds. The summed E-state index contributed by atoms with van der Waals surface area (Å²) in [5, 5.41) is 0. The van der Waals surface area contributed by atoms with Gasteiger partial charge in [0.15, 0.2) is 0 Å². The van der Waals surface area contributed by atoms with Gasteiger partial charge in [-0.05, 0) is 0 Å². The van der Waals surface area contributed by atoms with Gasteiger partial charge in [0, 0.05) is 0 Å². The molecule has 0 radical (unpaired) electrons. The van der Waals surface area contributed by atoms with Crippen molar-refractivity contribution in [3.8, 4) is 0 Å². The average Bonchev–Trinajstić information content (AvgIpc) is 2.29. The normalized spacial score (nSPS) is 41.1. The van der Waals surface area contributed by atoms with Gasteiger partial charge in [0.25, 0.3) is 0 Å². The first-order valence-electron chi connectivity index (χ1n) is 7.54. The van der Waals surface area contributed by atoms with Crippen LogP contribution < -0.4 is 0 Å². The van der Waals surface area contributed by atoms with E-state index in [0.717, 1.165) is 38.5 Å². The maximum atomic E-state index is 11.0. The van der Waals surface area contributed by atoms with Crippen LogP contribution in [0.1, 0.15) is 65.2 Å². The van der Waals surface area contributed by atoms with Gasteiger partial charge in [0.05, 0.1) is 0 Å². The van der Waals surface area contributed by atoms with Gasteiger partial charge in [-0.25, -0.2) is 0 Å². The van der Waals surface area contributed by atoms with E-state index >= 15 is 0 Å². The molecule has 2 saturated carbocycles. The number of halogens is 1. The summed E-state index contributed by atoms with van der Waals surface area (Å²) in [6, 6.07) is 0. The van der Waals surface area contributed by atoms with Crippen molar-refractivity contribution in [2.24, 2.45) is 11.8 Å². The minimum absolute atomic E-state index is 0.0584. The zero-order chi connectivity index (χ0) is 13.4. The second-order valence-corrected chi connectivity index (χ2v) is 12.2. The summed E-state index contributed by atoms with van der Waals surface area (Å²) in [6.07, 6.45) is 4.57. The van der Waals surface area contributed by atoms with Crippen molar-refractivity contribution in [2.45, 2.75) is 76.5 Å². The van der Waals surface area contributed by atoms with E-state index in [1.165, 1.54) is 12.8 Å². The Bertz CT molecular complexity index is 274. The quantitative estimate of drug-likeness (QED) is 0.727. The van der Waals surface area contributed by atoms with Crippen LogP contribution in [0.3, 0.4) is 0 Å². The van der Waals surface area contributed by atoms with E-state index in [1.54, 1.807) is 0 Å². The third kappa shape index (κ3) is 2.73. The molecular formula is C14H28ClO2P. The van der Waals surface area contributed by atoms with E-state index in [0.29, 0.717) is 11.8 Å². The van der Waals surface area contributed by atoms with E-state index in [1.807, 2.05) is 0 Å². The topological polar surface area (TPSA) is 40.5 Å². The fourth-order valence-electron chi connectivity index (χ4n) is 4.26. The van der Waals surface area contributed by atoms with Gasteiger partial charge in [-0.3, -0.25) is 0 Å². The van der Waals surface area contributed by atoms with Crippen molar-refractivity contribution in [1.29, 1.82) is 0 Å². The molecular weight excluding hydrogens is 267 g/mol. The summed E-state index contributed by atoms with van der Waals surface area (Å²) in [5.74, 6) is 0.719. The molecule has 4 heteroatoms. The van der Waals surface area contributed by atoms with Gasteiger partial charge in [0.2, 0.25) is 0 Å². The monoisotopic (exact) mass is 294 g/mol.